The molecule has 0 spiro atoms. The topological polar surface area (TPSA) is 17.1 Å². The fraction of sp³-hybridized carbons (Fsp3) is 0.500. The maximum absolute atomic E-state index is 11.1. The number of carbonyl (C=O) groups is 1. The van der Waals surface area contributed by atoms with Crippen LogP contribution in [-0.4, -0.2) is 10.6 Å². The molecule has 0 saturated heterocycles. The van der Waals surface area contributed by atoms with Crippen LogP contribution in [0.2, 0.25) is 0 Å². The molecule has 1 nitrogen and oxygen atoms in total. The first-order chi connectivity index (χ1) is 7.30. The number of Topliss-reactive ketones (excluding diaryl/α,β-unsaturated/α-hetero) is 1. The molecular formula is C14H19BrO. The molecule has 1 aromatic rings. The smallest absolute Gasteiger partial charge is 0.143 e. The van der Waals surface area contributed by atoms with Crippen molar-refractivity contribution in [2.24, 2.45) is 0 Å². The SMILES string of the molecule is CC(=O)C(Br)Cc1ccc(C(C)(C)C)cc1. The lowest BCUT2D eigenvalue weighted by atomic mass is 9.86. The van der Waals surface area contributed by atoms with Crippen LogP contribution in [0.5, 0.6) is 0 Å². The molecule has 0 aliphatic rings. The van der Waals surface area contributed by atoms with Gasteiger partial charge < -0.3 is 0 Å². The molecule has 88 valence electrons. The Morgan fingerprint density at radius 2 is 1.75 bits per heavy atom. The largest absolute Gasteiger partial charge is 0.299 e. The van der Waals surface area contributed by atoms with Crippen molar-refractivity contribution in [2.45, 2.75) is 44.4 Å². The van der Waals surface area contributed by atoms with E-state index in [0.717, 1.165) is 6.42 Å². The van der Waals surface area contributed by atoms with Crippen LogP contribution in [0.1, 0.15) is 38.8 Å². The number of benzene rings is 1. The third-order valence-electron chi connectivity index (χ3n) is 2.68. The van der Waals surface area contributed by atoms with Crippen LogP contribution in [0.15, 0.2) is 24.3 Å². The lowest BCUT2D eigenvalue weighted by Gasteiger charge is -2.19. The van der Waals surface area contributed by atoms with E-state index < -0.39 is 0 Å². The molecule has 16 heavy (non-hydrogen) atoms. The second kappa shape index (κ2) is 5.13. The van der Waals surface area contributed by atoms with Crippen molar-refractivity contribution in [1.29, 1.82) is 0 Å². The van der Waals surface area contributed by atoms with E-state index in [-0.39, 0.29) is 16.0 Å². The van der Waals surface area contributed by atoms with E-state index in [2.05, 4.69) is 61.0 Å². The zero-order valence-electron chi connectivity index (χ0n) is 10.4. The van der Waals surface area contributed by atoms with E-state index in [1.54, 1.807) is 6.92 Å². The van der Waals surface area contributed by atoms with Crippen molar-refractivity contribution in [3.8, 4) is 0 Å². The van der Waals surface area contributed by atoms with Gasteiger partial charge in [0.1, 0.15) is 5.78 Å². The van der Waals surface area contributed by atoms with Crippen LogP contribution in [0.4, 0.5) is 0 Å². The minimum absolute atomic E-state index is 0.0620. The molecule has 0 aliphatic carbocycles. The molecule has 0 amide bonds. The average Bonchev–Trinajstić information content (AvgIpc) is 2.17. The number of hydrogen-bond donors (Lipinski definition) is 0. The third kappa shape index (κ3) is 3.75. The van der Waals surface area contributed by atoms with E-state index in [1.165, 1.54) is 11.1 Å². The standard InChI is InChI=1S/C14H19BrO/c1-10(16)13(15)9-11-5-7-12(8-6-11)14(2,3)4/h5-8,13H,9H2,1-4H3. The molecule has 0 heterocycles. The monoisotopic (exact) mass is 282 g/mol. The fourth-order valence-electron chi connectivity index (χ4n) is 1.49. The molecule has 1 atom stereocenters. The number of rotatable bonds is 3. The summed E-state index contributed by atoms with van der Waals surface area (Å²) in [5.41, 5.74) is 2.71. The normalized spacial score (nSPS) is 13.6. The highest BCUT2D eigenvalue weighted by molar-refractivity contribution is 9.10. The summed E-state index contributed by atoms with van der Waals surface area (Å²) in [6, 6.07) is 8.51. The molecule has 0 fully saturated rings. The average molecular weight is 283 g/mol. The predicted octanol–water partition coefficient (Wildman–Crippen LogP) is 3.88. The molecule has 0 radical (unpaired) electrons. The Morgan fingerprint density at radius 3 is 2.12 bits per heavy atom. The summed E-state index contributed by atoms with van der Waals surface area (Å²) in [6.45, 7) is 8.21. The van der Waals surface area contributed by atoms with Gasteiger partial charge in [-0.3, -0.25) is 4.79 Å². The molecule has 2 heteroatoms. The van der Waals surface area contributed by atoms with E-state index in [4.69, 9.17) is 0 Å². The third-order valence-corrected chi connectivity index (χ3v) is 3.64. The maximum Gasteiger partial charge on any atom is 0.143 e. The van der Waals surface area contributed by atoms with Gasteiger partial charge in [0.05, 0.1) is 4.83 Å². The summed E-state index contributed by atoms with van der Waals surface area (Å²) >= 11 is 3.39. The van der Waals surface area contributed by atoms with Gasteiger partial charge in [-0.25, -0.2) is 0 Å². The van der Waals surface area contributed by atoms with Crippen molar-refractivity contribution in [1.82, 2.24) is 0 Å². The van der Waals surface area contributed by atoms with Gasteiger partial charge >= 0.3 is 0 Å². The van der Waals surface area contributed by atoms with Gasteiger partial charge in [-0.05, 0) is 29.9 Å². The Kier molecular flexibility index (Phi) is 4.31. The molecule has 0 aliphatic heterocycles. The van der Waals surface area contributed by atoms with Crippen LogP contribution in [0.25, 0.3) is 0 Å². The summed E-state index contributed by atoms with van der Waals surface area (Å²) in [5, 5.41) is 0. The lowest BCUT2D eigenvalue weighted by molar-refractivity contribution is -0.116. The first-order valence-corrected chi connectivity index (χ1v) is 6.46. The molecule has 1 unspecified atom stereocenters. The summed E-state index contributed by atoms with van der Waals surface area (Å²) in [5.74, 6) is 0.180. The summed E-state index contributed by atoms with van der Waals surface area (Å²) < 4.78 is 0. The Bertz CT molecular complexity index is 359. The fourth-order valence-corrected chi connectivity index (χ4v) is 1.87. The van der Waals surface area contributed by atoms with Crippen molar-refractivity contribution >= 4 is 21.7 Å². The summed E-state index contributed by atoms with van der Waals surface area (Å²) in [7, 11) is 0. The van der Waals surface area contributed by atoms with E-state index >= 15 is 0 Å². The van der Waals surface area contributed by atoms with Gasteiger partial charge in [0.25, 0.3) is 0 Å². The Hall–Kier alpha value is -0.630. The van der Waals surface area contributed by atoms with Crippen LogP contribution in [0.3, 0.4) is 0 Å². The van der Waals surface area contributed by atoms with Gasteiger partial charge in [0.15, 0.2) is 0 Å². The maximum atomic E-state index is 11.1. The zero-order chi connectivity index (χ0) is 12.3. The summed E-state index contributed by atoms with van der Waals surface area (Å²) in [6.07, 6.45) is 0.764. The van der Waals surface area contributed by atoms with Gasteiger partial charge in [-0.15, -0.1) is 0 Å². The first kappa shape index (κ1) is 13.4. The highest BCUT2D eigenvalue weighted by Crippen LogP contribution is 2.23. The van der Waals surface area contributed by atoms with Crippen molar-refractivity contribution in [3.63, 3.8) is 0 Å². The number of halogens is 1. The second-order valence-corrected chi connectivity index (χ2v) is 6.33. The van der Waals surface area contributed by atoms with Crippen molar-refractivity contribution in [3.05, 3.63) is 35.4 Å². The minimum Gasteiger partial charge on any atom is -0.299 e. The minimum atomic E-state index is -0.0620. The van der Waals surface area contributed by atoms with Crippen molar-refractivity contribution < 1.29 is 4.79 Å². The molecule has 1 aromatic carbocycles. The van der Waals surface area contributed by atoms with Crippen LogP contribution < -0.4 is 0 Å². The lowest BCUT2D eigenvalue weighted by Crippen LogP contribution is -2.14. The number of ketones is 1. The quantitative estimate of drug-likeness (QED) is 0.769. The number of alkyl halides is 1. The van der Waals surface area contributed by atoms with Crippen LogP contribution in [-0.2, 0) is 16.6 Å². The summed E-state index contributed by atoms with van der Waals surface area (Å²) in [4.78, 5) is 11.1. The Labute approximate surface area is 106 Å². The number of carbonyl (C=O) groups excluding carboxylic acids is 1. The highest BCUT2D eigenvalue weighted by atomic mass is 79.9. The molecule has 0 aromatic heterocycles. The number of hydrogen-bond acceptors (Lipinski definition) is 1. The van der Waals surface area contributed by atoms with Crippen molar-refractivity contribution in [2.75, 3.05) is 0 Å². The molecule has 0 N–H and O–H groups in total. The Morgan fingerprint density at radius 1 is 1.25 bits per heavy atom. The van der Waals surface area contributed by atoms with E-state index in [0.29, 0.717) is 0 Å². The van der Waals surface area contributed by atoms with E-state index in [9.17, 15) is 4.79 Å². The first-order valence-electron chi connectivity index (χ1n) is 5.54. The van der Waals surface area contributed by atoms with Gasteiger partial charge in [-0.2, -0.15) is 0 Å². The van der Waals surface area contributed by atoms with Crippen LogP contribution in [0, 0.1) is 0 Å². The Balaban J connectivity index is 2.76. The highest BCUT2D eigenvalue weighted by Gasteiger charge is 2.14. The van der Waals surface area contributed by atoms with Gasteiger partial charge in [0.2, 0.25) is 0 Å². The molecule has 0 saturated carbocycles. The van der Waals surface area contributed by atoms with Crippen LogP contribution >= 0.6 is 15.9 Å². The van der Waals surface area contributed by atoms with Gasteiger partial charge in [-0.1, -0.05) is 61.0 Å². The predicted molar refractivity (Wildman–Crippen MR) is 72.2 cm³/mol. The van der Waals surface area contributed by atoms with Gasteiger partial charge in [0, 0.05) is 0 Å². The zero-order valence-corrected chi connectivity index (χ0v) is 12.0. The second-order valence-electron chi connectivity index (χ2n) is 5.23. The molecule has 0 bridgehead atoms. The van der Waals surface area contributed by atoms with E-state index in [1.807, 2.05) is 0 Å². The molecular weight excluding hydrogens is 264 g/mol. The molecule has 1 rings (SSSR count).